The topological polar surface area (TPSA) is 119 Å². The number of halogens is 3. The molecule has 7 nitrogen and oxygen atoms in total. The molecule has 0 fully saturated rings. The van der Waals surface area contributed by atoms with E-state index in [1.54, 1.807) is 12.1 Å². The molecule has 10 heteroatoms. The number of methoxy groups -OCH3 is 1. The van der Waals surface area contributed by atoms with Crippen molar-refractivity contribution in [2.24, 2.45) is 5.73 Å². The summed E-state index contributed by atoms with van der Waals surface area (Å²) in [5.41, 5.74) is 12.6. The van der Waals surface area contributed by atoms with E-state index in [0.717, 1.165) is 39.9 Å². The Kier molecular flexibility index (Phi) is 13.3. The predicted molar refractivity (Wildman–Crippen MR) is 207 cm³/mol. The summed E-state index contributed by atoms with van der Waals surface area (Å²) < 4.78 is 42.9. The van der Waals surface area contributed by atoms with Crippen LogP contribution in [0.25, 0.3) is 33.4 Å². The second-order valence-electron chi connectivity index (χ2n) is 12.7. The number of esters is 1. The predicted octanol–water partition coefficient (Wildman–Crippen LogP) is 8.86. The Hall–Kier alpha value is -6.52. The average Bonchev–Trinajstić information content (AvgIpc) is 3.21. The summed E-state index contributed by atoms with van der Waals surface area (Å²) in [6.45, 7) is 0. The third-order valence-electron chi connectivity index (χ3n) is 8.82. The van der Waals surface area contributed by atoms with E-state index in [1.165, 1.54) is 36.9 Å². The zero-order chi connectivity index (χ0) is 39.4. The average molecular weight is 745 g/mol. The van der Waals surface area contributed by atoms with Gasteiger partial charge in [-0.25, -0.2) is 4.79 Å². The summed E-state index contributed by atoms with van der Waals surface area (Å²) in [7, 11) is 1.35. The van der Waals surface area contributed by atoms with E-state index in [2.05, 4.69) is 22.2 Å². The van der Waals surface area contributed by atoms with Crippen LogP contribution in [-0.4, -0.2) is 42.1 Å². The summed E-state index contributed by atoms with van der Waals surface area (Å²) >= 11 is 0. The zero-order valence-electron chi connectivity index (χ0n) is 29.9. The molecule has 280 valence electrons. The number of nitrogens with one attached hydrogen (secondary N) is 1. The highest BCUT2D eigenvalue weighted by Gasteiger charge is 2.30. The van der Waals surface area contributed by atoms with Crippen molar-refractivity contribution < 1.29 is 37.4 Å². The highest BCUT2D eigenvalue weighted by molar-refractivity contribution is 5.97. The number of benzene rings is 6. The monoisotopic (exact) mass is 744 g/mol. The number of aliphatic carboxylic acids is 1. The molecule has 6 rings (SSSR count). The zero-order valence-corrected chi connectivity index (χ0v) is 29.9. The van der Waals surface area contributed by atoms with E-state index in [1.807, 2.05) is 97.1 Å². The lowest BCUT2D eigenvalue weighted by molar-refractivity contribution is -0.142. The van der Waals surface area contributed by atoms with Crippen LogP contribution in [0.1, 0.15) is 27.0 Å². The van der Waals surface area contributed by atoms with E-state index >= 15 is 0 Å². The van der Waals surface area contributed by atoms with Crippen molar-refractivity contribution in [1.29, 1.82) is 0 Å². The maximum atomic E-state index is 12.8. The first-order valence-electron chi connectivity index (χ1n) is 17.3. The van der Waals surface area contributed by atoms with Gasteiger partial charge in [-0.15, -0.1) is 0 Å². The lowest BCUT2D eigenvalue weighted by Gasteiger charge is -2.15. The molecule has 4 N–H and O–H groups in total. The molecule has 0 aliphatic carbocycles. The molecule has 0 radical (unpaired) electrons. The van der Waals surface area contributed by atoms with Crippen LogP contribution in [0.5, 0.6) is 0 Å². The van der Waals surface area contributed by atoms with E-state index in [-0.39, 0.29) is 18.0 Å². The lowest BCUT2D eigenvalue weighted by atomic mass is 10.00. The molecule has 0 saturated carbocycles. The van der Waals surface area contributed by atoms with Crippen molar-refractivity contribution in [1.82, 2.24) is 5.32 Å². The Bertz CT molecular complexity index is 2160. The Labute approximate surface area is 317 Å². The van der Waals surface area contributed by atoms with Gasteiger partial charge in [-0.1, -0.05) is 133 Å². The minimum atomic E-state index is -4.41. The first-order valence-corrected chi connectivity index (χ1v) is 17.3. The maximum absolute atomic E-state index is 12.8. The molecule has 6 aromatic carbocycles. The van der Waals surface area contributed by atoms with Crippen LogP contribution in [0.4, 0.5) is 13.2 Å². The number of carbonyl (C=O) groups is 3. The molecule has 1 amide bonds. The maximum Gasteiger partial charge on any atom is 0.416 e. The van der Waals surface area contributed by atoms with Gasteiger partial charge in [0.25, 0.3) is 5.91 Å². The summed E-state index contributed by atoms with van der Waals surface area (Å²) in [6, 6.07) is 44.7. The van der Waals surface area contributed by atoms with Crippen molar-refractivity contribution in [2.75, 3.05) is 7.11 Å². The van der Waals surface area contributed by atoms with Crippen LogP contribution < -0.4 is 11.1 Å². The molecule has 0 bridgehead atoms. The number of alkyl halides is 3. The molecule has 0 aromatic heterocycles. The summed E-state index contributed by atoms with van der Waals surface area (Å²) in [5.74, 6) is -2.09. The minimum absolute atomic E-state index is 0.111. The van der Waals surface area contributed by atoms with Gasteiger partial charge in [-0.05, 0) is 75.2 Å². The van der Waals surface area contributed by atoms with Crippen LogP contribution in [-0.2, 0) is 33.3 Å². The number of hydrogen-bond donors (Lipinski definition) is 3. The molecular formula is C45H39F3N2O5. The van der Waals surface area contributed by atoms with Crippen molar-refractivity contribution in [3.8, 4) is 33.4 Å². The van der Waals surface area contributed by atoms with Crippen molar-refractivity contribution in [3.05, 3.63) is 180 Å². The standard InChI is InChI=1S/C29H22F3NO3.C16H17NO2/c30-29(31,32)25-16-14-23(15-17-25)22-10-12-24(13-11-22)27(34)33-26(28(35)36)18-19-6-8-21(9-7-19)20-4-2-1-3-5-20;1-19-16(18)15(17)11-12-7-9-14(10-8-12)13-5-3-2-4-6-13/h1-17,26H,18H2,(H,33,34)(H,35,36);2-10,15H,11,17H2,1H3/t26-;15-/m00/s1. The quantitative estimate of drug-likeness (QED) is 0.114. The highest BCUT2D eigenvalue weighted by Crippen LogP contribution is 2.31. The van der Waals surface area contributed by atoms with Gasteiger partial charge < -0.3 is 20.9 Å². The molecule has 2 atom stereocenters. The van der Waals surface area contributed by atoms with Crippen LogP contribution in [0.3, 0.4) is 0 Å². The third-order valence-corrected chi connectivity index (χ3v) is 8.82. The fourth-order valence-corrected chi connectivity index (χ4v) is 5.76. The number of amides is 1. The Morgan fingerprint density at radius 1 is 0.600 bits per heavy atom. The van der Waals surface area contributed by atoms with E-state index in [4.69, 9.17) is 5.73 Å². The molecule has 6 aromatic rings. The van der Waals surface area contributed by atoms with Gasteiger partial charge in [0, 0.05) is 12.0 Å². The smallest absolute Gasteiger partial charge is 0.416 e. The fourth-order valence-electron chi connectivity index (χ4n) is 5.76. The summed E-state index contributed by atoms with van der Waals surface area (Å²) in [6.07, 6.45) is -3.81. The van der Waals surface area contributed by atoms with Crippen molar-refractivity contribution in [3.63, 3.8) is 0 Å². The lowest BCUT2D eigenvalue weighted by Crippen LogP contribution is -2.42. The van der Waals surface area contributed by atoms with Crippen LogP contribution >= 0.6 is 0 Å². The number of hydrogen-bond acceptors (Lipinski definition) is 5. The first-order chi connectivity index (χ1) is 26.4. The van der Waals surface area contributed by atoms with E-state index < -0.39 is 35.7 Å². The first kappa shape index (κ1) is 39.7. The van der Waals surface area contributed by atoms with Gasteiger partial charge in [0.05, 0.1) is 12.7 Å². The van der Waals surface area contributed by atoms with Crippen LogP contribution in [0.15, 0.2) is 158 Å². The molecular weight excluding hydrogens is 705 g/mol. The van der Waals surface area contributed by atoms with E-state index in [9.17, 15) is 32.7 Å². The molecule has 0 heterocycles. The van der Waals surface area contributed by atoms with Crippen molar-refractivity contribution >= 4 is 17.8 Å². The second-order valence-corrected chi connectivity index (χ2v) is 12.7. The molecule has 0 aliphatic heterocycles. The van der Waals surface area contributed by atoms with Crippen molar-refractivity contribution in [2.45, 2.75) is 31.1 Å². The molecule has 0 saturated heterocycles. The largest absolute Gasteiger partial charge is 0.480 e. The Balaban J connectivity index is 0.000000256. The van der Waals surface area contributed by atoms with E-state index in [0.29, 0.717) is 17.5 Å². The summed E-state index contributed by atoms with van der Waals surface area (Å²) in [5, 5.41) is 12.2. The van der Waals surface area contributed by atoms with Gasteiger partial charge in [-0.2, -0.15) is 13.2 Å². The second kappa shape index (κ2) is 18.5. The molecule has 55 heavy (non-hydrogen) atoms. The van der Waals surface area contributed by atoms with Crippen LogP contribution in [0.2, 0.25) is 0 Å². The number of rotatable bonds is 11. The Morgan fingerprint density at radius 3 is 1.38 bits per heavy atom. The van der Waals surface area contributed by atoms with Gasteiger partial charge in [0.15, 0.2) is 0 Å². The number of carboxylic acid groups (broad SMARTS) is 1. The van der Waals surface area contributed by atoms with Crippen LogP contribution in [0, 0.1) is 0 Å². The minimum Gasteiger partial charge on any atom is -0.480 e. The molecule has 0 unspecified atom stereocenters. The highest BCUT2D eigenvalue weighted by atomic mass is 19.4. The fraction of sp³-hybridized carbons (Fsp3) is 0.133. The normalized spacial score (nSPS) is 12.0. The number of carboxylic acids is 1. The molecule has 0 spiro atoms. The SMILES string of the molecule is COC(=O)[C@@H](N)Cc1ccc(-c2ccccc2)cc1.O=C(N[C@@H](Cc1ccc(-c2ccccc2)cc1)C(=O)O)c1ccc(-c2ccc(C(F)(F)F)cc2)cc1. The van der Waals surface area contributed by atoms with Gasteiger partial charge >= 0.3 is 18.1 Å². The van der Waals surface area contributed by atoms with Gasteiger partial charge in [0.2, 0.25) is 0 Å². The Morgan fingerprint density at radius 2 is 0.982 bits per heavy atom. The number of ether oxygens (including phenoxy) is 1. The summed E-state index contributed by atoms with van der Waals surface area (Å²) in [4.78, 5) is 35.8. The number of carbonyl (C=O) groups excluding carboxylic acids is 2. The number of nitrogens with two attached hydrogens (primary N) is 1. The van der Waals surface area contributed by atoms with Gasteiger partial charge in [0.1, 0.15) is 12.1 Å². The third kappa shape index (κ3) is 11.2. The molecule has 0 aliphatic rings. The van der Waals surface area contributed by atoms with Gasteiger partial charge in [-0.3, -0.25) is 9.59 Å².